The van der Waals surface area contributed by atoms with E-state index < -0.39 is 0 Å². The molecule has 1 aliphatic heterocycles. The van der Waals surface area contributed by atoms with Gasteiger partial charge < -0.3 is 4.90 Å². The molecule has 0 saturated heterocycles. The average molecular weight is 470 g/mol. The third kappa shape index (κ3) is 5.56. The molecular formula is C21H23BrCl2N2O. The summed E-state index contributed by atoms with van der Waals surface area (Å²) in [5.41, 5.74) is 2.72. The second-order valence-electron chi connectivity index (χ2n) is 6.53. The molecule has 3 rings (SSSR count). The van der Waals surface area contributed by atoms with Gasteiger partial charge in [0.25, 0.3) is 0 Å². The molecule has 0 radical (unpaired) electrons. The number of hydrogen-bond donors (Lipinski definition) is 0. The van der Waals surface area contributed by atoms with Crippen molar-refractivity contribution in [3.63, 3.8) is 0 Å². The monoisotopic (exact) mass is 468 g/mol. The molecule has 0 aliphatic carbocycles. The molecule has 1 heterocycles. The smallest absolute Gasteiger partial charge is 0.182 e. The molecule has 0 atom stereocenters. The lowest BCUT2D eigenvalue weighted by atomic mass is 10.1. The Morgan fingerprint density at radius 1 is 1.07 bits per heavy atom. The maximum atomic E-state index is 12.9. The van der Waals surface area contributed by atoms with E-state index in [1.807, 2.05) is 18.2 Å². The quantitative estimate of drug-likeness (QED) is 0.476. The van der Waals surface area contributed by atoms with Crippen molar-refractivity contribution in [3.05, 3.63) is 63.6 Å². The predicted molar refractivity (Wildman–Crippen MR) is 120 cm³/mol. The average Bonchev–Trinajstić information content (AvgIpc) is 2.92. The lowest BCUT2D eigenvalue weighted by Crippen LogP contribution is -2.36. The van der Waals surface area contributed by atoms with Crippen molar-refractivity contribution in [1.82, 2.24) is 0 Å². The summed E-state index contributed by atoms with van der Waals surface area (Å²) in [7, 11) is 0. The van der Waals surface area contributed by atoms with Crippen molar-refractivity contribution in [2.45, 2.75) is 32.6 Å². The van der Waals surface area contributed by atoms with Gasteiger partial charge in [0.2, 0.25) is 0 Å². The molecule has 0 saturated carbocycles. The van der Waals surface area contributed by atoms with Gasteiger partial charge in [-0.1, -0.05) is 47.8 Å². The molecule has 0 unspecified atom stereocenters. The zero-order valence-corrected chi connectivity index (χ0v) is 18.5. The predicted octanol–water partition coefficient (Wildman–Crippen LogP) is 6.54. The topological polar surface area (TPSA) is 32.7 Å². The number of benzene rings is 2. The molecule has 0 aromatic heterocycles. The van der Waals surface area contributed by atoms with Gasteiger partial charge in [0.15, 0.2) is 5.78 Å². The first-order chi connectivity index (χ1) is 12.6. The van der Waals surface area contributed by atoms with Gasteiger partial charge in [-0.2, -0.15) is 0 Å². The van der Waals surface area contributed by atoms with Gasteiger partial charge in [0.05, 0.1) is 16.6 Å². The number of nitrogens with zero attached hydrogens (tertiary/aromatic N) is 2. The van der Waals surface area contributed by atoms with Crippen LogP contribution in [0.5, 0.6) is 0 Å². The number of amidine groups is 1. The maximum Gasteiger partial charge on any atom is 0.182 e. The van der Waals surface area contributed by atoms with Crippen molar-refractivity contribution in [1.29, 1.82) is 0 Å². The number of aliphatic imine (C=N–C) groups is 1. The van der Waals surface area contributed by atoms with Crippen LogP contribution in [0.2, 0.25) is 10.0 Å². The van der Waals surface area contributed by atoms with Crippen LogP contribution in [-0.2, 0) is 0 Å². The van der Waals surface area contributed by atoms with E-state index in [0.29, 0.717) is 15.6 Å². The fraction of sp³-hybridized carbons (Fsp3) is 0.333. The van der Waals surface area contributed by atoms with E-state index in [4.69, 9.17) is 28.2 Å². The Bertz CT molecular complexity index is 839. The van der Waals surface area contributed by atoms with Gasteiger partial charge >= 0.3 is 0 Å². The lowest BCUT2D eigenvalue weighted by Gasteiger charge is -2.27. The highest BCUT2D eigenvalue weighted by molar-refractivity contribution is 8.93. The maximum absolute atomic E-state index is 12.9. The van der Waals surface area contributed by atoms with Crippen LogP contribution in [-0.4, -0.2) is 24.7 Å². The number of anilines is 1. The zero-order chi connectivity index (χ0) is 18.5. The Labute approximate surface area is 181 Å². The number of rotatable bonds is 4. The summed E-state index contributed by atoms with van der Waals surface area (Å²) < 4.78 is 0. The molecule has 0 amide bonds. The number of para-hydroxylation sites is 1. The standard InChI is InChI=1S/C21H22Cl2N2O.BrH/c1-15-7-4-5-8-19(15)25(21-9-3-2-6-12-24-21)14-20(26)16-10-11-17(22)18(23)13-16;/h4-5,7-8,10-11,13H,2-3,6,9,12,14H2,1H3;1H. The van der Waals surface area contributed by atoms with Crippen LogP contribution in [0.3, 0.4) is 0 Å². The van der Waals surface area contributed by atoms with Crippen LogP contribution in [0.25, 0.3) is 0 Å². The fourth-order valence-corrected chi connectivity index (χ4v) is 3.46. The minimum Gasteiger partial charge on any atom is -0.322 e. The SMILES string of the molecule is Br.Cc1ccccc1N(CC(=O)c1ccc(Cl)c(Cl)c1)C1=NCCCCC1. The number of ketones is 1. The molecular weight excluding hydrogens is 447 g/mol. The summed E-state index contributed by atoms with van der Waals surface area (Å²) in [5.74, 6) is 0.990. The highest BCUT2D eigenvalue weighted by Gasteiger charge is 2.21. The third-order valence-corrected chi connectivity index (χ3v) is 5.35. The summed E-state index contributed by atoms with van der Waals surface area (Å²) in [6.45, 7) is 3.11. The molecule has 27 heavy (non-hydrogen) atoms. The first-order valence-corrected chi connectivity index (χ1v) is 9.66. The van der Waals surface area contributed by atoms with E-state index in [0.717, 1.165) is 42.9 Å². The van der Waals surface area contributed by atoms with E-state index in [1.54, 1.807) is 18.2 Å². The van der Waals surface area contributed by atoms with Gasteiger partial charge in [0.1, 0.15) is 5.84 Å². The number of Topliss-reactive ketones (excluding diaryl/α,β-unsaturated/α-hetero) is 1. The van der Waals surface area contributed by atoms with Crippen LogP contribution in [0, 0.1) is 6.92 Å². The van der Waals surface area contributed by atoms with Crippen LogP contribution >= 0.6 is 40.2 Å². The highest BCUT2D eigenvalue weighted by atomic mass is 79.9. The van der Waals surface area contributed by atoms with Gasteiger partial charge in [-0.15, -0.1) is 17.0 Å². The van der Waals surface area contributed by atoms with E-state index in [2.05, 4.69) is 17.9 Å². The molecule has 0 spiro atoms. The zero-order valence-electron chi connectivity index (χ0n) is 15.3. The van der Waals surface area contributed by atoms with Crippen LogP contribution in [0.1, 0.15) is 41.6 Å². The summed E-state index contributed by atoms with van der Waals surface area (Å²) in [6, 6.07) is 13.1. The largest absolute Gasteiger partial charge is 0.322 e. The van der Waals surface area contributed by atoms with Crippen molar-refractivity contribution >= 4 is 57.5 Å². The molecule has 0 N–H and O–H groups in total. The Balaban J connectivity index is 0.00000261. The lowest BCUT2D eigenvalue weighted by molar-refractivity contribution is 0.100. The summed E-state index contributed by atoms with van der Waals surface area (Å²) in [6.07, 6.45) is 4.27. The number of aryl methyl sites for hydroxylation is 1. The van der Waals surface area contributed by atoms with Crippen LogP contribution < -0.4 is 4.90 Å². The number of halogens is 3. The van der Waals surface area contributed by atoms with Crippen molar-refractivity contribution in [2.75, 3.05) is 18.0 Å². The van der Waals surface area contributed by atoms with E-state index >= 15 is 0 Å². The minimum absolute atomic E-state index is 0. The van der Waals surface area contributed by atoms with Gasteiger partial charge in [-0.25, -0.2) is 0 Å². The molecule has 6 heteroatoms. The Morgan fingerprint density at radius 3 is 2.59 bits per heavy atom. The van der Waals surface area contributed by atoms with E-state index in [-0.39, 0.29) is 29.3 Å². The molecule has 2 aromatic carbocycles. The van der Waals surface area contributed by atoms with E-state index in [1.165, 1.54) is 6.42 Å². The highest BCUT2D eigenvalue weighted by Crippen LogP contribution is 2.26. The Hall–Kier alpha value is -1.36. The second-order valence-corrected chi connectivity index (χ2v) is 7.35. The molecule has 1 aliphatic rings. The van der Waals surface area contributed by atoms with Gasteiger partial charge in [-0.3, -0.25) is 9.79 Å². The van der Waals surface area contributed by atoms with Crippen molar-refractivity contribution in [3.8, 4) is 0 Å². The molecule has 0 bridgehead atoms. The molecule has 0 fully saturated rings. The van der Waals surface area contributed by atoms with Gasteiger partial charge in [-0.05, 0) is 49.6 Å². The molecule has 2 aromatic rings. The summed E-state index contributed by atoms with van der Waals surface area (Å²) >= 11 is 12.1. The van der Waals surface area contributed by atoms with E-state index in [9.17, 15) is 4.79 Å². The number of carbonyl (C=O) groups excluding carboxylic acids is 1. The van der Waals surface area contributed by atoms with Gasteiger partial charge in [0, 0.05) is 24.2 Å². The Morgan fingerprint density at radius 2 is 1.85 bits per heavy atom. The summed E-state index contributed by atoms with van der Waals surface area (Å²) in [5, 5.41) is 0.846. The molecule has 3 nitrogen and oxygen atoms in total. The second kappa shape index (κ2) is 10.3. The first kappa shape index (κ1) is 21.9. The number of carbonyl (C=O) groups is 1. The first-order valence-electron chi connectivity index (χ1n) is 8.91. The Kier molecular flexibility index (Phi) is 8.33. The summed E-state index contributed by atoms with van der Waals surface area (Å²) in [4.78, 5) is 19.8. The van der Waals surface area contributed by atoms with Crippen molar-refractivity contribution < 1.29 is 4.79 Å². The fourth-order valence-electron chi connectivity index (χ4n) is 3.17. The van der Waals surface area contributed by atoms with Crippen LogP contribution in [0.4, 0.5) is 5.69 Å². The van der Waals surface area contributed by atoms with Crippen LogP contribution in [0.15, 0.2) is 47.5 Å². The minimum atomic E-state index is -0.00114. The van der Waals surface area contributed by atoms with Crippen molar-refractivity contribution in [2.24, 2.45) is 4.99 Å². The third-order valence-electron chi connectivity index (χ3n) is 4.61. The normalized spacial score (nSPS) is 14.0. The number of hydrogen-bond acceptors (Lipinski definition) is 3. The molecule has 144 valence electrons.